The third-order valence-electron chi connectivity index (χ3n) is 7.02. The van der Waals surface area contributed by atoms with Crippen LogP contribution < -0.4 is 16.2 Å². The van der Waals surface area contributed by atoms with Gasteiger partial charge in [-0.05, 0) is 69.7 Å². The Kier molecular flexibility index (Phi) is 8.08. The van der Waals surface area contributed by atoms with Crippen LogP contribution in [0.15, 0.2) is 77.9 Å². The van der Waals surface area contributed by atoms with Crippen molar-refractivity contribution in [2.45, 2.75) is 44.9 Å². The molecule has 10 nitrogen and oxygen atoms in total. The molecule has 0 spiro atoms. The average Bonchev–Trinajstić information content (AvgIpc) is 3.33. The molecule has 0 aliphatic carbocycles. The van der Waals surface area contributed by atoms with Gasteiger partial charge in [0.05, 0.1) is 17.1 Å². The van der Waals surface area contributed by atoms with Crippen molar-refractivity contribution in [3.05, 3.63) is 99.6 Å². The predicted molar refractivity (Wildman–Crippen MR) is 160 cm³/mol. The summed E-state index contributed by atoms with van der Waals surface area (Å²) >= 11 is 6.18. The zero-order chi connectivity index (χ0) is 30.0. The number of piperidine rings is 1. The van der Waals surface area contributed by atoms with Crippen LogP contribution in [0.2, 0.25) is 5.02 Å². The summed E-state index contributed by atoms with van der Waals surface area (Å²) in [4.78, 5) is 56.2. The number of hydrogen-bond donors (Lipinski definition) is 3. The Bertz CT molecular complexity index is 1690. The number of H-pyrrole nitrogens is 1. The molecule has 0 radical (unpaired) electrons. The van der Waals surface area contributed by atoms with Crippen LogP contribution in [-0.2, 0) is 4.74 Å². The second-order valence-electron chi connectivity index (χ2n) is 11.2. The van der Waals surface area contributed by atoms with E-state index in [9.17, 15) is 19.2 Å². The fraction of sp³-hybridized carbons (Fsp3) is 0.290. The van der Waals surface area contributed by atoms with Gasteiger partial charge in [0, 0.05) is 59.3 Å². The highest BCUT2D eigenvalue weighted by Gasteiger charge is 2.35. The number of ether oxygens (including phenoxy) is 1. The Balaban J connectivity index is 1.33. The van der Waals surface area contributed by atoms with Gasteiger partial charge in [-0.2, -0.15) is 0 Å². The molecular formula is C31H32ClN5O5. The van der Waals surface area contributed by atoms with E-state index in [1.54, 1.807) is 92.7 Å². The fourth-order valence-corrected chi connectivity index (χ4v) is 5.13. The van der Waals surface area contributed by atoms with Gasteiger partial charge in [-0.1, -0.05) is 23.7 Å². The largest absolute Gasteiger partial charge is 0.444 e. The van der Waals surface area contributed by atoms with Crippen LogP contribution in [-0.4, -0.2) is 63.1 Å². The van der Waals surface area contributed by atoms with E-state index >= 15 is 0 Å². The molecule has 5 rings (SSSR count). The van der Waals surface area contributed by atoms with Crippen LogP contribution in [0.1, 0.15) is 47.9 Å². The maximum absolute atomic E-state index is 13.3. The van der Waals surface area contributed by atoms with Crippen LogP contribution in [0.4, 0.5) is 4.79 Å². The topological polar surface area (TPSA) is 126 Å². The Labute approximate surface area is 247 Å². The zero-order valence-electron chi connectivity index (χ0n) is 23.5. The van der Waals surface area contributed by atoms with Crippen LogP contribution in [0.25, 0.3) is 16.6 Å². The minimum Gasteiger partial charge on any atom is -0.444 e. The van der Waals surface area contributed by atoms with Gasteiger partial charge in [0.1, 0.15) is 5.60 Å². The van der Waals surface area contributed by atoms with Crippen molar-refractivity contribution in [3.8, 4) is 5.69 Å². The summed E-state index contributed by atoms with van der Waals surface area (Å²) in [6.45, 7) is 5.87. The van der Waals surface area contributed by atoms with Crippen molar-refractivity contribution in [1.29, 1.82) is 0 Å². The third kappa shape index (κ3) is 6.49. The molecule has 1 saturated heterocycles. The van der Waals surface area contributed by atoms with E-state index in [0.29, 0.717) is 34.8 Å². The van der Waals surface area contributed by atoms with E-state index in [1.165, 1.54) is 10.6 Å². The number of rotatable bonds is 5. The Morgan fingerprint density at radius 1 is 0.952 bits per heavy atom. The lowest BCUT2D eigenvalue weighted by Gasteiger charge is -2.39. The van der Waals surface area contributed by atoms with Crippen molar-refractivity contribution in [2.24, 2.45) is 0 Å². The molecule has 3 N–H and O–H groups in total. The first-order valence-electron chi connectivity index (χ1n) is 13.6. The molecule has 0 saturated carbocycles. The van der Waals surface area contributed by atoms with Crippen LogP contribution in [0, 0.1) is 0 Å². The molecule has 3 amide bonds. The van der Waals surface area contributed by atoms with E-state index in [0.717, 1.165) is 10.9 Å². The molecule has 2 aromatic heterocycles. The number of pyridine rings is 1. The lowest BCUT2D eigenvalue weighted by atomic mass is 9.98. The molecule has 4 aromatic rings. The van der Waals surface area contributed by atoms with Gasteiger partial charge in [-0.15, -0.1) is 0 Å². The number of nitrogens with zero attached hydrogens (tertiary/aromatic N) is 2. The quantitative estimate of drug-likeness (QED) is 0.316. The summed E-state index contributed by atoms with van der Waals surface area (Å²) in [5, 5.41) is 7.40. The number of benzene rings is 2. The highest BCUT2D eigenvalue weighted by molar-refractivity contribution is 6.35. The number of likely N-dealkylation sites (tertiary alicyclic amines) is 1. The standard InChI is InChI=1S/C31H32ClN5O5/c1-31(2,3)42-30(41)36-15-13-24(26(18-36)35-29(40)20-9-12-22-23(32)17-33-25(22)16-20)34-28(39)19-7-10-21(11-8-19)37-14-5-4-6-27(37)38/h4-12,14,16-17,24,26,33H,13,15,18H2,1-3H3,(H,34,39)(H,35,40). The molecule has 1 aliphatic heterocycles. The Morgan fingerprint density at radius 2 is 1.64 bits per heavy atom. The number of hydrogen-bond acceptors (Lipinski definition) is 5. The molecule has 1 aliphatic rings. The minimum atomic E-state index is -0.676. The number of nitrogens with one attached hydrogen (secondary N) is 3. The molecule has 3 heterocycles. The fourth-order valence-electron chi connectivity index (χ4n) is 4.91. The second-order valence-corrected chi connectivity index (χ2v) is 11.6. The lowest BCUT2D eigenvalue weighted by molar-refractivity contribution is 0.0161. The number of aromatic nitrogens is 2. The lowest BCUT2D eigenvalue weighted by Crippen LogP contribution is -2.61. The van der Waals surface area contributed by atoms with Gasteiger partial charge in [0.2, 0.25) is 0 Å². The molecule has 2 aromatic carbocycles. The van der Waals surface area contributed by atoms with E-state index in [-0.39, 0.29) is 23.9 Å². The van der Waals surface area contributed by atoms with Crippen LogP contribution >= 0.6 is 11.6 Å². The van der Waals surface area contributed by atoms with E-state index in [2.05, 4.69) is 15.6 Å². The molecular weight excluding hydrogens is 558 g/mol. The van der Waals surface area contributed by atoms with Gasteiger partial charge >= 0.3 is 6.09 Å². The Morgan fingerprint density at radius 3 is 2.36 bits per heavy atom. The smallest absolute Gasteiger partial charge is 0.410 e. The van der Waals surface area contributed by atoms with Crippen molar-refractivity contribution in [1.82, 2.24) is 25.1 Å². The number of amides is 3. The highest BCUT2D eigenvalue weighted by Crippen LogP contribution is 2.24. The molecule has 218 valence electrons. The third-order valence-corrected chi connectivity index (χ3v) is 7.33. The van der Waals surface area contributed by atoms with Gasteiger partial charge in [-0.25, -0.2) is 4.79 Å². The number of fused-ring (bicyclic) bond motifs is 1. The second kappa shape index (κ2) is 11.7. The normalized spacial score (nSPS) is 17.1. The monoisotopic (exact) mass is 589 g/mol. The first-order chi connectivity index (χ1) is 20.0. The van der Waals surface area contributed by atoms with E-state index in [4.69, 9.17) is 16.3 Å². The minimum absolute atomic E-state index is 0.151. The molecule has 1 fully saturated rings. The van der Waals surface area contributed by atoms with E-state index in [1.807, 2.05) is 0 Å². The van der Waals surface area contributed by atoms with Crippen LogP contribution in [0.3, 0.4) is 0 Å². The summed E-state index contributed by atoms with van der Waals surface area (Å²) in [5.74, 6) is -0.685. The number of halogens is 1. The number of aromatic amines is 1. The average molecular weight is 590 g/mol. The highest BCUT2D eigenvalue weighted by atomic mass is 35.5. The summed E-state index contributed by atoms with van der Waals surface area (Å²) in [6, 6.07) is 15.7. The molecule has 42 heavy (non-hydrogen) atoms. The molecule has 11 heteroatoms. The van der Waals surface area contributed by atoms with E-state index < -0.39 is 23.8 Å². The van der Waals surface area contributed by atoms with Crippen molar-refractivity contribution >= 4 is 40.4 Å². The van der Waals surface area contributed by atoms with Crippen molar-refractivity contribution < 1.29 is 19.1 Å². The molecule has 0 bridgehead atoms. The Hall–Kier alpha value is -4.57. The summed E-state index contributed by atoms with van der Waals surface area (Å²) in [7, 11) is 0. The molecule has 2 unspecified atom stereocenters. The number of carbonyl (C=O) groups is 3. The SMILES string of the molecule is CC(C)(C)OC(=O)N1CCC(NC(=O)c2ccc(-n3ccccc3=O)cc2)C(NC(=O)c2ccc3c(Cl)c[nH]c3c2)C1. The predicted octanol–water partition coefficient (Wildman–Crippen LogP) is 4.51. The first-order valence-corrected chi connectivity index (χ1v) is 14.0. The maximum atomic E-state index is 13.3. The van der Waals surface area contributed by atoms with Gasteiger partial charge < -0.3 is 25.3 Å². The van der Waals surface area contributed by atoms with Crippen LogP contribution in [0.5, 0.6) is 0 Å². The van der Waals surface area contributed by atoms with Gasteiger partial charge in [-0.3, -0.25) is 19.0 Å². The summed E-state index contributed by atoms with van der Waals surface area (Å²) in [6.07, 6.45) is 3.23. The first kappa shape index (κ1) is 28.9. The summed E-state index contributed by atoms with van der Waals surface area (Å²) in [5.41, 5.74) is 1.31. The van der Waals surface area contributed by atoms with Crippen molar-refractivity contribution in [3.63, 3.8) is 0 Å². The van der Waals surface area contributed by atoms with Gasteiger partial charge in [0.15, 0.2) is 0 Å². The summed E-state index contributed by atoms with van der Waals surface area (Å²) < 4.78 is 7.04. The maximum Gasteiger partial charge on any atom is 0.410 e. The zero-order valence-corrected chi connectivity index (χ0v) is 24.3. The molecule has 2 atom stereocenters. The van der Waals surface area contributed by atoms with Gasteiger partial charge in [0.25, 0.3) is 17.4 Å². The van der Waals surface area contributed by atoms with Crippen molar-refractivity contribution in [2.75, 3.05) is 13.1 Å². The number of carbonyl (C=O) groups excluding carboxylic acids is 3.